The van der Waals surface area contributed by atoms with E-state index in [-0.39, 0.29) is 0 Å². The van der Waals surface area contributed by atoms with Gasteiger partial charge in [-0.1, -0.05) is 25.1 Å². The Labute approximate surface area is 118 Å². The fourth-order valence-corrected chi connectivity index (χ4v) is 3.50. The molecule has 0 bridgehead atoms. The van der Waals surface area contributed by atoms with Crippen LogP contribution in [-0.2, 0) is 0 Å². The van der Waals surface area contributed by atoms with Crippen LogP contribution >= 0.6 is 23.1 Å². The maximum Gasteiger partial charge on any atom is 0.0596 e. The zero-order valence-electron chi connectivity index (χ0n) is 11.1. The van der Waals surface area contributed by atoms with E-state index in [0.717, 1.165) is 6.54 Å². The van der Waals surface area contributed by atoms with E-state index in [2.05, 4.69) is 61.1 Å². The summed E-state index contributed by atoms with van der Waals surface area (Å²) in [6.45, 7) is 5.30. The average Bonchev–Trinajstić information content (AvgIpc) is 2.82. The predicted octanol–water partition coefficient (Wildman–Crippen LogP) is 4.48. The molecule has 0 fully saturated rings. The zero-order valence-corrected chi connectivity index (χ0v) is 12.7. The molecule has 0 saturated carbocycles. The van der Waals surface area contributed by atoms with Crippen LogP contribution in [0.5, 0.6) is 0 Å². The van der Waals surface area contributed by atoms with Crippen molar-refractivity contribution in [1.29, 1.82) is 0 Å². The van der Waals surface area contributed by atoms with E-state index in [1.165, 1.54) is 20.9 Å². The summed E-state index contributed by atoms with van der Waals surface area (Å²) in [6, 6.07) is 11.3. The Morgan fingerprint density at radius 1 is 1.33 bits per heavy atom. The molecule has 18 heavy (non-hydrogen) atoms. The van der Waals surface area contributed by atoms with Gasteiger partial charge in [-0.15, -0.1) is 23.1 Å². The molecule has 0 amide bonds. The summed E-state index contributed by atoms with van der Waals surface area (Å²) in [7, 11) is 0. The van der Waals surface area contributed by atoms with Gasteiger partial charge in [0.2, 0.25) is 0 Å². The van der Waals surface area contributed by atoms with Gasteiger partial charge in [-0.25, -0.2) is 0 Å². The Hall–Kier alpha value is -0.770. The van der Waals surface area contributed by atoms with Crippen LogP contribution in [0, 0.1) is 6.92 Å². The second-order valence-corrected chi connectivity index (χ2v) is 6.19. The van der Waals surface area contributed by atoms with Crippen LogP contribution in [-0.4, -0.2) is 12.8 Å². The molecule has 0 aliphatic heterocycles. The van der Waals surface area contributed by atoms with Crippen LogP contribution in [0.4, 0.5) is 0 Å². The number of rotatable bonds is 5. The molecule has 0 saturated heterocycles. The lowest BCUT2D eigenvalue weighted by Gasteiger charge is -2.20. The highest BCUT2D eigenvalue weighted by molar-refractivity contribution is 7.98. The molecule has 3 heteroatoms. The number of hydrogen-bond acceptors (Lipinski definition) is 3. The summed E-state index contributed by atoms with van der Waals surface area (Å²) < 4.78 is 0. The van der Waals surface area contributed by atoms with Crippen molar-refractivity contribution in [2.45, 2.75) is 24.8 Å². The molecule has 1 atom stereocenters. The van der Waals surface area contributed by atoms with Crippen LogP contribution < -0.4 is 5.32 Å². The van der Waals surface area contributed by atoms with E-state index in [1.54, 1.807) is 0 Å². The third kappa shape index (κ3) is 2.97. The zero-order chi connectivity index (χ0) is 13.0. The standard InChI is InChI=1S/C15H19NS2/c1-4-16-15(12-9-11(2)18-10-12)13-7-5-6-8-14(13)17-3/h5-10,15-16H,4H2,1-3H3. The summed E-state index contributed by atoms with van der Waals surface area (Å²) in [6.07, 6.45) is 2.14. The first kappa shape index (κ1) is 13.7. The highest BCUT2D eigenvalue weighted by Gasteiger charge is 2.16. The molecular weight excluding hydrogens is 258 g/mol. The molecule has 0 aliphatic rings. The smallest absolute Gasteiger partial charge is 0.0596 e. The molecule has 1 aromatic carbocycles. The third-order valence-electron chi connectivity index (χ3n) is 2.94. The molecule has 96 valence electrons. The fourth-order valence-electron chi connectivity index (χ4n) is 2.13. The minimum absolute atomic E-state index is 0.309. The van der Waals surface area contributed by atoms with Crippen molar-refractivity contribution in [2.24, 2.45) is 0 Å². The quantitative estimate of drug-likeness (QED) is 0.809. The van der Waals surface area contributed by atoms with Crippen molar-refractivity contribution >= 4 is 23.1 Å². The minimum Gasteiger partial charge on any atom is -0.306 e. The van der Waals surface area contributed by atoms with E-state index in [0.29, 0.717) is 6.04 Å². The first-order valence-corrected chi connectivity index (χ1v) is 8.28. The molecule has 0 aliphatic carbocycles. The monoisotopic (exact) mass is 277 g/mol. The van der Waals surface area contributed by atoms with Gasteiger partial charge >= 0.3 is 0 Å². The Morgan fingerprint density at radius 2 is 2.11 bits per heavy atom. The summed E-state index contributed by atoms with van der Waals surface area (Å²) in [5.41, 5.74) is 2.76. The van der Waals surface area contributed by atoms with Crippen molar-refractivity contribution < 1.29 is 0 Å². The largest absolute Gasteiger partial charge is 0.306 e. The molecule has 2 rings (SSSR count). The van der Waals surface area contributed by atoms with Gasteiger partial charge in [-0.05, 0) is 48.4 Å². The number of nitrogens with one attached hydrogen (secondary N) is 1. The summed E-state index contributed by atoms with van der Waals surface area (Å²) in [4.78, 5) is 2.72. The van der Waals surface area contributed by atoms with Crippen LogP contribution in [0.25, 0.3) is 0 Å². The van der Waals surface area contributed by atoms with Crippen molar-refractivity contribution in [1.82, 2.24) is 5.32 Å². The van der Waals surface area contributed by atoms with Gasteiger partial charge in [-0.2, -0.15) is 0 Å². The minimum atomic E-state index is 0.309. The highest BCUT2D eigenvalue weighted by Crippen LogP contribution is 2.32. The molecule has 1 heterocycles. The number of benzene rings is 1. The Morgan fingerprint density at radius 3 is 2.72 bits per heavy atom. The van der Waals surface area contributed by atoms with Crippen LogP contribution in [0.2, 0.25) is 0 Å². The maximum absolute atomic E-state index is 3.60. The predicted molar refractivity (Wildman–Crippen MR) is 82.8 cm³/mol. The lowest BCUT2D eigenvalue weighted by atomic mass is 10.0. The summed E-state index contributed by atoms with van der Waals surface area (Å²) in [5.74, 6) is 0. The number of hydrogen-bond donors (Lipinski definition) is 1. The SMILES string of the molecule is CCNC(c1csc(C)c1)c1ccccc1SC. The molecule has 0 spiro atoms. The Kier molecular flexibility index (Phi) is 4.87. The van der Waals surface area contributed by atoms with Gasteiger partial charge in [-0.3, -0.25) is 0 Å². The molecule has 1 N–H and O–H groups in total. The van der Waals surface area contributed by atoms with Gasteiger partial charge in [0.15, 0.2) is 0 Å². The normalized spacial score (nSPS) is 12.6. The Balaban J connectivity index is 2.41. The summed E-state index contributed by atoms with van der Waals surface area (Å²) in [5, 5.41) is 5.86. The maximum atomic E-state index is 3.60. The van der Waals surface area contributed by atoms with Crippen molar-refractivity contribution in [3.63, 3.8) is 0 Å². The van der Waals surface area contributed by atoms with E-state index < -0.39 is 0 Å². The lowest BCUT2D eigenvalue weighted by Crippen LogP contribution is -2.22. The van der Waals surface area contributed by atoms with Crippen molar-refractivity contribution in [3.8, 4) is 0 Å². The second kappa shape index (κ2) is 6.41. The molecule has 1 unspecified atom stereocenters. The van der Waals surface area contributed by atoms with Gasteiger partial charge in [0.05, 0.1) is 6.04 Å². The van der Waals surface area contributed by atoms with Crippen LogP contribution in [0.3, 0.4) is 0 Å². The number of aryl methyl sites for hydroxylation is 1. The molecule has 0 radical (unpaired) electrons. The van der Waals surface area contributed by atoms with Gasteiger partial charge in [0.1, 0.15) is 0 Å². The topological polar surface area (TPSA) is 12.0 Å². The highest BCUT2D eigenvalue weighted by atomic mass is 32.2. The first-order chi connectivity index (χ1) is 8.76. The summed E-state index contributed by atoms with van der Waals surface area (Å²) >= 11 is 3.63. The van der Waals surface area contributed by atoms with Crippen LogP contribution in [0.1, 0.15) is 29.0 Å². The van der Waals surface area contributed by atoms with Crippen molar-refractivity contribution in [2.75, 3.05) is 12.8 Å². The van der Waals surface area contributed by atoms with Gasteiger partial charge in [0, 0.05) is 9.77 Å². The molecule has 1 nitrogen and oxygen atoms in total. The van der Waals surface area contributed by atoms with E-state index in [1.807, 2.05) is 23.1 Å². The number of thioether (sulfide) groups is 1. The number of thiophene rings is 1. The fraction of sp³-hybridized carbons (Fsp3) is 0.333. The average molecular weight is 277 g/mol. The lowest BCUT2D eigenvalue weighted by molar-refractivity contribution is 0.624. The van der Waals surface area contributed by atoms with E-state index in [4.69, 9.17) is 0 Å². The Bertz CT molecular complexity index is 505. The van der Waals surface area contributed by atoms with Gasteiger partial charge < -0.3 is 5.32 Å². The van der Waals surface area contributed by atoms with Crippen LogP contribution in [0.15, 0.2) is 40.6 Å². The van der Waals surface area contributed by atoms with E-state index >= 15 is 0 Å². The van der Waals surface area contributed by atoms with E-state index in [9.17, 15) is 0 Å². The molecular formula is C15H19NS2. The first-order valence-electron chi connectivity index (χ1n) is 6.17. The second-order valence-electron chi connectivity index (χ2n) is 4.22. The molecule has 2 aromatic rings. The van der Waals surface area contributed by atoms with Gasteiger partial charge in [0.25, 0.3) is 0 Å². The molecule has 1 aromatic heterocycles. The van der Waals surface area contributed by atoms with Crippen molar-refractivity contribution in [3.05, 3.63) is 51.7 Å². The third-order valence-corrected chi connectivity index (χ3v) is 4.63.